The Hall–Kier alpha value is -2.86. The third-order valence-corrected chi connectivity index (χ3v) is 3.43. The lowest BCUT2D eigenvalue weighted by atomic mass is 10.2. The molecular formula is C17H14ClN3O3. The molecule has 0 aliphatic rings. The zero-order valence-corrected chi connectivity index (χ0v) is 13.6. The SMILES string of the molecule is Cc1ccc(OCc2nnc(NC(=O)c3ccc(Cl)cc3)o2)cc1. The van der Waals surface area contributed by atoms with Crippen molar-refractivity contribution in [3.63, 3.8) is 0 Å². The summed E-state index contributed by atoms with van der Waals surface area (Å²) < 4.78 is 10.9. The summed E-state index contributed by atoms with van der Waals surface area (Å²) in [5, 5.41) is 10.7. The van der Waals surface area contributed by atoms with Gasteiger partial charge in [-0.15, -0.1) is 5.10 Å². The molecule has 1 heterocycles. The number of carbonyl (C=O) groups is 1. The lowest BCUT2D eigenvalue weighted by Gasteiger charge is -2.03. The number of halogens is 1. The predicted octanol–water partition coefficient (Wildman–Crippen LogP) is 3.86. The maximum absolute atomic E-state index is 12.0. The molecule has 0 aliphatic carbocycles. The van der Waals surface area contributed by atoms with Gasteiger partial charge in [-0.2, -0.15) is 0 Å². The average molecular weight is 344 g/mol. The molecule has 0 atom stereocenters. The second-order valence-electron chi connectivity index (χ2n) is 5.06. The van der Waals surface area contributed by atoms with E-state index >= 15 is 0 Å². The van der Waals surface area contributed by atoms with E-state index in [2.05, 4.69) is 15.5 Å². The van der Waals surface area contributed by atoms with Gasteiger partial charge in [-0.3, -0.25) is 10.1 Å². The molecule has 0 radical (unpaired) electrons. The molecule has 6 nitrogen and oxygen atoms in total. The van der Waals surface area contributed by atoms with E-state index in [-0.39, 0.29) is 24.4 Å². The van der Waals surface area contributed by atoms with Crippen LogP contribution in [0.1, 0.15) is 21.8 Å². The largest absolute Gasteiger partial charge is 0.484 e. The van der Waals surface area contributed by atoms with E-state index in [0.717, 1.165) is 5.56 Å². The molecule has 24 heavy (non-hydrogen) atoms. The van der Waals surface area contributed by atoms with Crippen molar-refractivity contribution in [2.45, 2.75) is 13.5 Å². The molecule has 1 amide bonds. The lowest BCUT2D eigenvalue weighted by molar-refractivity contribution is 0.102. The Morgan fingerprint density at radius 1 is 1.12 bits per heavy atom. The number of nitrogens with zero attached hydrogens (tertiary/aromatic N) is 2. The zero-order chi connectivity index (χ0) is 16.9. The van der Waals surface area contributed by atoms with Gasteiger partial charge in [0.1, 0.15) is 5.75 Å². The van der Waals surface area contributed by atoms with E-state index in [0.29, 0.717) is 16.3 Å². The first-order chi connectivity index (χ1) is 11.6. The first kappa shape index (κ1) is 16.0. The third kappa shape index (κ3) is 4.11. The summed E-state index contributed by atoms with van der Waals surface area (Å²) in [7, 11) is 0. The van der Waals surface area contributed by atoms with Crippen molar-refractivity contribution in [3.8, 4) is 5.75 Å². The molecule has 1 N–H and O–H groups in total. The Balaban J connectivity index is 1.58. The highest BCUT2D eigenvalue weighted by Crippen LogP contribution is 2.15. The van der Waals surface area contributed by atoms with E-state index < -0.39 is 0 Å². The number of hydrogen-bond donors (Lipinski definition) is 1. The highest BCUT2D eigenvalue weighted by atomic mass is 35.5. The highest BCUT2D eigenvalue weighted by Gasteiger charge is 2.12. The molecule has 1 aromatic heterocycles. The summed E-state index contributed by atoms with van der Waals surface area (Å²) in [6.45, 7) is 2.12. The van der Waals surface area contributed by atoms with Gasteiger partial charge >= 0.3 is 6.01 Å². The molecule has 0 aliphatic heterocycles. The van der Waals surface area contributed by atoms with Gasteiger partial charge in [0, 0.05) is 10.6 Å². The lowest BCUT2D eigenvalue weighted by Crippen LogP contribution is -2.11. The number of rotatable bonds is 5. The van der Waals surface area contributed by atoms with Crippen LogP contribution in [0, 0.1) is 6.92 Å². The van der Waals surface area contributed by atoms with E-state index in [1.165, 1.54) is 0 Å². The number of anilines is 1. The van der Waals surface area contributed by atoms with Crippen molar-refractivity contribution in [1.82, 2.24) is 10.2 Å². The number of nitrogens with one attached hydrogen (secondary N) is 1. The Kier molecular flexibility index (Phi) is 4.77. The molecule has 0 unspecified atom stereocenters. The van der Waals surface area contributed by atoms with Crippen molar-refractivity contribution in [3.05, 3.63) is 70.6 Å². The van der Waals surface area contributed by atoms with Gasteiger partial charge in [0.25, 0.3) is 11.8 Å². The van der Waals surface area contributed by atoms with Gasteiger partial charge in [0.2, 0.25) is 0 Å². The van der Waals surface area contributed by atoms with Crippen LogP contribution in [0.15, 0.2) is 52.9 Å². The fourth-order valence-electron chi connectivity index (χ4n) is 1.91. The maximum atomic E-state index is 12.0. The van der Waals surface area contributed by atoms with Crippen LogP contribution in [-0.4, -0.2) is 16.1 Å². The van der Waals surface area contributed by atoms with Gasteiger partial charge in [-0.25, -0.2) is 0 Å². The monoisotopic (exact) mass is 343 g/mol. The molecule has 0 fully saturated rings. The highest BCUT2D eigenvalue weighted by molar-refractivity contribution is 6.30. The normalized spacial score (nSPS) is 10.4. The van der Waals surface area contributed by atoms with Crippen LogP contribution in [0.4, 0.5) is 6.01 Å². The first-order valence-corrected chi connectivity index (χ1v) is 7.57. The van der Waals surface area contributed by atoms with E-state index in [1.807, 2.05) is 31.2 Å². The average Bonchev–Trinajstić information content (AvgIpc) is 3.02. The van der Waals surface area contributed by atoms with E-state index in [1.54, 1.807) is 24.3 Å². The number of aromatic nitrogens is 2. The molecule has 3 rings (SSSR count). The van der Waals surface area contributed by atoms with Gasteiger partial charge in [0.15, 0.2) is 6.61 Å². The minimum Gasteiger partial charge on any atom is -0.484 e. The van der Waals surface area contributed by atoms with E-state index in [9.17, 15) is 4.79 Å². The van der Waals surface area contributed by atoms with Crippen molar-refractivity contribution in [2.75, 3.05) is 5.32 Å². The van der Waals surface area contributed by atoms with Crippen LogP contribution in [0.3, 0.4) is 0 Å². The molecular weight excluding hydrogens is 330 g/mol. The van der Waals surface area contributed by atoms with Crippen LogP contribution < -0.4 is 10.1 Å². The topological polar surface area (TPSA) is 77.3 Å². The van der Waals surface area contributed by atoms with Gasteiger partial charge in [-0.05, 0) is 43.3 Å². The van der Waals surface area contributed by atoms with Crippen molar-refractivity contribution in [2.24, 2.45) is 0 Å². The predicted molar refractivity (Wildman–Crippen MR) is 89.2 cm³/mol. The molecule has 2 aromatic carbocycles. The number of benzene rings is 2. The minimum absolute atomic E-state index is 0.0115. The van der Waals surface area contributed by atoms with Crippen molar-refractivity contribution >= 4 is 23.5 Å². The van der Waals surface area contributed by atoms with Crippen molar-refractivity contribution in [1.29, 1.82) is 0 Å². The molecule has 7 heteroatoms. The fraction of sp³-hybridized carbons (Fsp3) is 0.118. The molecule has 0 saturated carbocycles. The first-order valence-electron chi connectivity index (χ1n) is 7.19. The minimum atomic E-state index is -0.360. The Morgan fingerprint density at radius 3 is 2.54 bits per heavy atom. The number of amides is 1. The van der Waals surface area contributed by atoms with Crippen LogP contribution in [0.5, 0.6) is 5.75 Å². The summed E-state index contributed by atoms with van der Waals surface area (Å²) in [6, 6.07) is 14.1. The summed E-state index contributed by atoms with van der Waals surface area (Å²) >= 11 is 5.79. The maximum Gasteiger partial charge on any atom is 0.322 e. The second-order valence-corrected chi connectivity index (χ2v) is 5.50. The number of aryl methyl sites for hydroxylation is 1. The third-order valence-electron chi connectivity index (χ3n) is 3.18. The van der Waals surface area contributed by atoms with Crippen LogP contribution in [-0.2, 0) is 6.61 Å². The standard InChI is InChI=1S/C17H14ClN3O3/c1-11-2-8-14(9-3-11)23-10-15-20-21-17(24-15)19-16(22)12-4-6-13(18)7-5-12/h2-9H,10H2,1H3,(H,19,21,22). The summed E-state index contributed by atoms with van der Waals surface area (Å²) in [4.78, 5) is 12.0. The van der Waals surface area contributed by atoms with Gasteiger partial charge < -0.3 is 9.15 Å². The quantitative estimate of drug-likeness (QED) is 0.761. The number of ether oxygens (including phenoxy) is 1. The smallest absolute Gasteiger partial charge is 0.322 e. The van der Waals surface area contributed by atoms with Crippen LogP contribution in [0.2, 0.25) is 5.02 Å². The number of hydrogen-bond acceptors (Lipinski definition) is 5. The molecule has 0 spiro atoms. The van der Waals surface area contributed by atoms with Gasteiger partial charge in [0.05, 0.1) is 0 Å². The van der Waals surface area contributed by atoms with E-state index in [4.69, 9.17) is 20.8 Å². The molecule has 0 bridgehead atoms. The molecule has 122 valence electrons. The summed E-state index contributed by atoms with van der Waals surface area (Å²) in [5.41, 5.74) is 1.59. The van der Waals surface area contributed by atoms with Gasteiger partial charge in [-0.1, -0.05) is 34.4 Å². The Labute approximate surface area is 143 Å². The molecule has 0 saturated heterocycles. The summed E-state index contributed by atoms with van der Waals surface area (Å²) in [6.07, 6.45) is 0. The summed E-state index contributed by atoms with van der Waals surface area (Å²) in [5.74, 6) is 0.605. The Morgan fingerprint density at radius 2 is 1.83 bits per heavy atom. The zero-order valence-electron chi connectivity index (χ0n) is 12.8. The number of carbonyl (C=O) groups excluding carboxylic acids is 1. The fourth-order valence-corrected chi connectivity index (χ4v) is 2.04. The second kappa shape index (κ2) is 7.14. The van der Waals surface area contributed by atoms with Crippen LogP contribution >= 0.6 is 11.6 Å². The van der Waals surface area contributed by atoms with Crippen LogP contribution in [0.25, 0.3) is 0 Å². The molecule has 3 aromatic rings. The Bertz CT molecular complexity index is 829. The van der Waals surface area contributed by atoms with Crippen molar-refractivity contribution < 1.29 is 13.9 Å².